The molecular formula is C18H16FN3O4. The van der Waals surface area contributed by atoms with E-state index in [2.05, 4.69) is 10.3 Å². The van der Waals surface area contributed by atoms with Crippen molar-refractivity contribution in [1.82, 2.24) is 9.55 Å². The number of anilines is 1. The monoisotopic (exact) mass is 357 g/mol. The lowest BCUT2D eigenvalue weighted by atomic mass is 10.2. The predicted molar refractivity (Wildman–Crippen MR) is 94.1 cm³/mol. The van der Waals surface area contributed by atoms with Crippen LogP contribution < -0.4 is 20.3 Å². The van der Waals surface area contributed by atoms with E-state index in [9.17, 15) is 14.0 Å². The largest absolute Gasteiger partial charge is 0.497 e. The number of benzene rings is 2. The average Bonchev–Trinajstić information content (AvgIpc) is 2.64. The molecule has 0 aliphatic carbocycles. The highest BCUT2D eigenvalue weighted by Crippen LogP contribution is 2.25. The molecule has 0 unspecified atom stereocenters. The third-order valence-electron chi connectivity index (χ3n) is 3.74. The zero-order chi connectivity index (χ0) is 18.7. The molecular weight excluding hydrogens is 341 g/mol. The molecule has 0 fully saturated rings. The molecule has 8 heteroatoms. The van der Waals surface area contributed by atoms with E-state index >= 15 is 0 Å². The molecule has 0 spiro atoms. The molecule has 1 heterocycles. The summed E-state index contributed by atoms with van der Waals surface area (Å²) in [7, 11) is 3.00. The molecule has 134 valence electrons. The van der Waals surface area contributed by atoms with Crippen LogP contribution >= 0.6 is 0 Å². The van der Waals surface area contributed by atoms with E-state index in [0.717, 1.165) is 10.6 Å². The summed E-state index contributed by atoms with van der Waals surface area (Å²) < 4.78 is 24.8. The number of nitrogens with one attached hydrogen (secondary N) is 1. The van der Waals surface area contributed by atoms with Crippen molar-refractivity contribution in [3.05, 3.63) is 58.9 Å². The molecule has 0 aliphatic rings. The second-order valence-corrected chi connectivity index (χ2v) is 5.49. The molecule has 0 bridgehead atoms. The van der Waals surface area contributed by atoms with E-state index in [1.54, 1.807) is 18.2 Å². The Morgan fingerprint density at radius 3 is 2.50 bits per heavy atom. The molecule has 0 aliphatic heterocycles. The van der Waals surface area contributed by atoms with Crippen LogP contribution in [0.15, 0.2) is 47.5 Å². The lowest BCUT2D eigenvalue weighted by molar-refractivity contribution is -0.116. The van der Waals surface area contributed by atoms with Gasteiger partial charge in [0.15, 0.2) is 0 Å². The zero-order valence-electron chi connectivity index (χ0n) is 14.2. The molecule has 0 saturated carbocycles. The molecule has 0 saturated heterocycles. The van der Waals surface area contributed by atoms with Crippen molar-refractivity contribution in [3.8, 4) is 11.5 Å². The fourth-order valence-electron chi connectivity index (χ4n) is 2.48. The van der Waals surface area contributed by atoms with Gasteiger partial charge < -0.3 is 14.8 Å². The number of ether oxygens (including phenoxy) is 2. The second kappa shape index (κ2) is 7.22. The second-order valence-electron chi connectivity index (χ2n) is 5.49. The number of fused-ring (bicyclic) bond motifs is 1. The number of hydrogen-bond donors (Lipinski definition) is 1. The summed E-state index contributed by atoms with van der Waals surface area (Å²) in [4.78, 5) is 28.8. The molecule has 0 atom stereocenters. The molecule has 2 aromatic carbocycles. The lowest BCUT2D eigenvalue weighted by Gasteiger charge is -2.11. The molecule has 1 N–H and O–H groups in total. The van der Waals surface area contributed by atoms with Gasteiger partial charge in [-0.3, -0.25) is 14.2 Å². The number of hydrogen-bond acceptors (Lipinski definition) is 5. The molecule has 1 amide bonds. The van der Waals surface area contributed by atoms with Crippen molar-refractivity contribution in [2.75, 3.05) is 19.5 Å². The van der Waals surface area contributed by atoms with E-state index in [0.29, 0.717) is 22.7 Å². The minimum absolute atomic E-state index is 0.114. The van der Waals surface area contributed by atoms with E-state index in [-0.39, 0.29) is 11.9 Å². The number of nitrogens with zero attached hydrogens (tertiary/aromatic N) is 2. The first-order chi connectivity index (χ1) is 12.5. The van der Waals surface area contributed by atoms with Gasteiger partial charge in [-0.05, 0) is 18.2 Å². The average molecular weight is 357 g/mol. The molecule has 26 heavy (non-hydrogen) atoms. The first kappa shape index (κ1) is 17.4. The van der Waals surface area contributed by atoms with Gasteiger partial charge >= 0.3 is 0 Å². The number of carbonyl (C=O) groups excluding carboxylic acids is 1. The van der Waals surface area contributed by atoms with Crippen LogP contribution in [-0.4, -0.2) is 29.7 Å². The van der Waals surface area contributed by atoms with Gasteiger partial charge in [0.05, 0.1) is 31.4 Å². The minimum Gasteiger partial charge on any atom is -0.497 e. The van der Waals surface area contributed by atoms with E-state index < -0.39 is 17.3 Å². The summed E-state index contributed by atoms with van der Waals surface area (Å²) in [5.74, 6) is 0.0429. The van der Waals surface area contributed by atoms with Crippen LogP contribution in [0.25, 0.3) is 10.9 Å². The van der Waals surface area contributed by atoms with Crippen LogP contribution in [0.1, 0.15) is 0 Å². The van der Waals surface area contributed by atoms with Crippen LogP contribution in [0.3, 0.4) is 0 Å². The number of methoxy groups -OCH3 is 2. The molecule has 7 nitrogen and oxygen atoms in total. The van der Waals surface area contributed by atoms with Gasteiger partial charge in [-0.1, -0.05) is 0 Å². The first-order valence-electron chi connectivity index (χ1n) is 7.68. The fourth-order valence-corrected chi connectivity index (χ4v) is 2.48. The van der Waals surface area contributed by atoms with Crippen molar-refractivity contribution in [2.24, 2.45) is 0 Å². The van der Waals surface area contributed by atoms with E-state index in [1.165, 1.54) is 32.7 Å². The van der Waals surface area contributed by atoms with Gasteiger partial charge in [0.2, 0.25) is 5.91 Å². The van der Waals surface area contributed by atoms with Gasteiger partial charge in [0, 0.05) is 23.9 Å². The van der Waals surface area contributed by atoms with Gasteiger partial charge in [-0.25, -0.2) is 9.37 Å². The van der Waals surface area contributed by atoms with Crippen molar-refractivity contribution >= 4 is 22.5 Å². The van der Waals surface area contributed by atoms with Gasteiger partial charge in [-0.2, -0.15) is 0 Å². The molecule has 0 radical (unpaired) electrons. The van der Waals surface area contributed by atoms with E-state index in [4.69, 9.17) is 9.47 Å². The standard InChI is InChI=1S/C18H16FN3O4/c1-25-13-6-12(7-14(8-13)26-2)21-17(23)9-22-10-20-16-4-3-11(19)5-15(16)18(22)24/h3-8,10H,9H2,1-2H3,(H,21,23). The first-order valence-corrected chi connectivity index (χ1v) is 7.68. The summed E-state index contributed by atoms with van der Waals surface area (Å²) in [5, 5.41) is 2.78. The van der Waals surface area contributed by atoms with Crippen LogP contribution in [-0.2, 0) is 11.3 Å². The van der Waals surface area contributed by atoms with Crippen LogP contribution in [0.4, 0.5) is 10.1 Å². The molecule has 3 aromatic rings. The Balaban J connectivity index is 1.83. The highest BCUT2D eigenvalue weighted by Gasteiger charge is 2.10. The number of carbonyl (C=O) groups is 1. The van der Waals surface area contributed by atoms with Gasteiger partial charge in [0.25, 0.3) is 5.56 Å². The van der Waals surface area contributed by atoms with Crippen molar-refractivity contribution < 1.29 is 18.7 Å². The number of aromatic nitrogens is 2. The molecule has 3 rings (SSSR count). The Morgan fingerprint density at radius 2 is 1.85 bits per heavy atom. The summed E-state index contributed by atoms with van der Waals surface area (Å²) in [5.41, 5.74) is 0.331. The SMILES string of the molecule is COc1cc(NC(=O)Cn2cnc3ccc(F)cc3c2=O)cc(OC)c1. The summed E-state index contributed by atoms with van der Waals surface area (Å²) in [6.07, 6.45) is 1.26. The molecule has 1 aromatic heterocycles. The van der Waals surface area contributed by atoms with E-state index in [1.807, 2.05) is 0 Å². The maximum atomic E-state index is 13.4. The lowest BCUT2D eigenvalue weighted by Crippen LogP contribution is -2.28. The Hall–Kier alpha value is -3.42. The highest BCUT2D eigenvalue weighted by atomic mass is 19.1. The van der Waals surface area contributed by atoms with Crippen LogP contribution in [0.2, 0.25) is 0 Å². The maximum Gasteiger partial charge on any atom is 0.261 e. The third-order valence-corrected chi connectivity index (χ3v) is 3.74. The van der Waals surface area contributed by atoms with Crippen molar-refractivity contribution in [2.45, 2.75) is 6.54 Å². The predicted octanol–water partition coefficient (Wildman–Crippen LogP) is 2.19. The quantitative estimate of drug-likeness (QED) is 0.757. The topological polar surface area (TPSA) is 82.5 Å². The Kier molecular flexibility index (Phi) is 4.83. The Bertz CT molecular complexity index is 1010. The third kappa shape index (κ3) is 3.64. The normalized spacial score (nSPS) is 10.6. The zero-order valence-corrected chi connectivity index (χ0v) is 14.2. The maximum absolute atomic E-state index is 13.4. The number of halogens is 1. The van der Waals surface area contributed by atoms with Gasteiger partial charge in [-0.15, -0.1) is 0 Å². The highest BCUT2D eigenvalue weighted by molar-refractivity contribution is 5.91. The van der Waals surface area contributed by atoms with Crippen molar-refractivity contribution in [1.29, 1.82) is 0 Å². The fraction of sp³-hybridized carbons (Fsp3) is 0.167. The minimum atomic E-state index is -0.540. The van der Waals surface area contributed by atoms with Gasteiger partial charge in [0.1, 0.15) is 23.9 Å². The van der Waals surface area contributed by atoms with Crippen LogP contribution in [0.5, 0.6) is 11.5 Å². The summed E-state index contributed by atoms with van der Waals surface area (Å²) >= 11 is 0. The smallest absolute Gasteiger partial charge is 0.261 e. The summed E-state index contributed by atoms with van der Waals surface area (Å²) in [6.45, 7) is -0.266. The number of amides is 1. The Morgan fingerprint density at radius 1 is 1.15 bits per heavy atom. The summed E-state index contributed by atoms with van der Waals surface area (Å²) in [6, 6.07) is 8.66. The number of rotatable bonds is 5. The Labute approximate surface area is 148 Å². The van der Waals surface area contributed by atoms with Crippen molar-refractivity contribution in [3.63, 3.8) is 0 Å². The van der Waals surface area contributed by atoms with Crippen LogP contribution in [0, 0.1) is 5.82 Å².